The predicted octanol–water partition coefficient (Wildman–Crippen LogP) is 4.33. The van der Waals surface area contributed by atoms with Crippen molar-refractivity contribution in [3.63, 3.8) is 0 Å². The normalized spacial score (nSPS) is 17.8. The van der Waals surface area contributed by atoms with E-state index in [1.54, 1.807) is 24.8 Å². The van der Waals surface area contributed by atoms with Crippen LogP contribution in [0.2, 0.25) is 0 Å². The minimum atomic E-state index is 0.0837. The average Bonchev–Trinajstić information content (AvgIpc) is 2.81. The molecule has 5 rings (SSSR count). The average molecular weight is 422 g/mol. The fourth-order valence-corrected chi connectivity index (χ4v) is 3.97. The van der Waals surface area contributed by atoms with Crippen molar-refractivity contribution in [2.75, 3.05) is 13.1 Å². The topological polar surface area (TPSA) is 71.9 Å². The fraction of sp³-hybridized carbons (Fsp3) is 0.192. The lowest BCUT2D eigenvalue weighted by Gasteiger charge is -2.32. The molecule has 0 atom stereocenters. The molecular formula is C26H23N5O. The summed E-state index contributed by atoms with van der Waals surface area (Å²) >= 11 is 0. The van der Waals surface area contributed by atoms with Gasteiger partial charge in [-0.05, 0) is 61.4 Å². The summed E-state index contributed by atoms with van der Waals surface area (Å²) in [6, 6.07) is 12.1. The van der Waals surface area contributed by atoms with Gasteiger partial charge in [-0.1, -0.05) is 12.1 Å². The molecule has 1 aliphatic rings. The van der Waals surface area contributed by atoms with Gasteiger partial charge in [0.05, 0.1) is 22.1 Å². The third-order valence-electron chi connectivity index (χ3n) is 5.73. The standard InChI is InChI=1S/C26H23N5O/c1-17(2)31-15-20(11-18-3-5-22-24(13-18)29-9-7-27-22)26(32)21(16-31)12-19-4-6-23-25(14-19)30-10-8-28-23/h3-14,17H,15-16H2,1-2H3/b20-11+,21-12+. The molecule has 1 saturated heterocycles. The number of fused-ring (bicyclic) bond motifs is 2. The van der Waals surface area contributed by atoms with E-state index in [1.807, 2.05) is 48.6 Å². The van der Waals surface area contributed by atoms with Crippen LogP contribution in [0, 0.1) is 0 Å². The lowest BCUT2D eigenvalue weighted by molar-refractivity contribution is -0.113. The summed E-state index contributed by atoms with van der Waals surface area (Å²) in [5.41, 5.74) is 6.78. The maximum atomic E-state index is 13.4. The van der Waals surface area contributed by atoms with Crippen LogP contribution in [0.4, 0.5) is 0 Å². The predicted molar refractivity (Wildman–Crippen MR) is 127 cm³/mol. The molecule has 2 aromatic carbocycles. The van der Waals surface area contributed by atoms with E-state index in [2.05, 4.69) is 38.7 Å². The Labute approximate surface area is 186 Å². The first-order valence-corrected chi connectivity index (χ1v) is 10.7. The van der Waals surface area contributed by atoms with Gasteiger partial charge in [-0.2, -0.15) is 0 Å². The number of piperidine rings is 1. The molecule has 1 aliphatic heterocycles. The van der Waals surface area contributed by atoms with Crippen molar-refractivity contribution < 1.29 is 4.79 Å². The van der Waals surface area contributed by atoms with Gasteiger partial charge in [-0.3, -0.25) is 29.6 Å². The first-order chi connectivity index (χ1) is 15.6. The highest BCUT2D eigenvalue weighted by Gasteiger charge is 2.27. The SMILES string of the molecule is CC(C)N1C/C(=C\c2ccc3nccnc3c2)C(=O)/C(=C/c2ccc3nccnc3c2)C1. The fourth-order valence-electron chi connectivity index (χ4n) is 3.97. The summed E-state index contributed by atoms with van der Waals surface area (Å²) in [6.45, 7) is 5.55. The summed E-state index contributed by atoms with van der Waals surface area (Å²) in [5, 5.41) is 0. The van der Waals surface area contributed by atoms with Crippen molar-refractivity contribution in [1.29, 1.82) is 0 Å². The molecule has 2 aromatic heterocycles. The van der Waals surface area contributed by atoms with E-state index in [9.17, 15) is 4.79 Å². The van der Waals surface area contributed by atoms with Crippen LogP contribution in [0.3, 0.4) is 0 Å². The Morgan fingerprint density at radius 1 is 0.719 bits per heavy atom. The van der Waals surface area contributed by atoms with Crippen molar-refractivity contribution >= 4 is 40.0 Å². The number of Topliss-reactive ketones (excluding diaryl/α,β-unsaturated/α-hetero) is 1. The zero-order valence-corrected chi connectivity index (χ0v) is 18.1. The van der Waals surface area contributed by atoms with Gasteiger partial charge in [0.25, 0.3) is 0 Å². The van der Waals surface area contributed by atoms with Crippen molar-refractivity contribution in [3.05, 3.63) is 83.5 Å². The van der Waals surface area contributed by atoms with E-state index >= 15 is 0 Å². The number of hydrogen-bond acceptors (Lipinski definition) is 6. The summed E-state index contributed by atoms with van der Waals surface area (Å²) < 4.78 is 0. The maximum absolute atomic E-state index is 13.4. The monoisotopic (exact) mass is 421 g/mol. The summed E-state index contributed by atoms with van der Waals surface area (Å²) in [4.78, 5) is 33.1. The molecule has 3 heterocycles. The first-order valence-electron chi connectivity index (χ1n) is 10.7. The highest BCUT2D eigenvalue weighted by atomic mass is 16.1. The van der Waals surface area contributed by atoms with Gasteiger partial charge in [-0.25, -0.2) is 0 Å². The zero-order chi connectivity index (χ0) is 22.1. The number of carbonyl (C=O) groups is 1. The molecule has 1 fully saturated rings. The quantitative estimate of drug-likeness (QED) is 0.459. The number of hydrogen-bond donors (Lipinski definition) is 0. The Morgan fingerprint density at radius 2 is 1.16 bits per heavy atom. The molecule has 0 radical (unpaired) electrons. The molecule has 0 saturated carbocycles. The van der Waals surface area contributed by atoms with Crippen LogP contribution >= 0.6 is 0 Å². The molecular weight excluding hydrogens is 398 g/mol. The number of carbonyl (C=O) groups excluding carboxylic acids is 1. The number of nitrogens with zero attached hydrogens (tertiary/aromatic N) is 5. The van der Waals surface area contributed by atoms with E-state index in [4.69, 9.17) is 0 Å². The molecule has 0 aliphatic carbocycles. The Hall–Kier alpha value is -3.77. The molecule has 32 heavy (non-hydrogen) atoms. The van der Waals surface area contributed by atoms with Gasteiger partial charge in [0.15, 0.2) is 5.78 Å². The largest absolute Gasteiger partial charge is 0.292 e. The number of benzene rings is 2. The first kappa shape index (κ1) is 20.2. The van der Waals surface area contributed by atoms with Crippen molar-refractivity contribution in [3.8, 4) is 0 Å². The molecule has 6 nitrogen and oxygen atoms in total. The third-order valence-corrected chi connectivity index (χ3v) is 5.73. The van der Waals surface area contributed by atoms with Crippen molar-refractivity contribution in [1.82, 2.24) is 24.8 Å². The second kappa shape index (κ2) is 8.40. The van der Waals surface area contributed by atoms with Gasteiger partial charge >= 0.3 is 0 Å². The van der Waals surface area contributed by atoms with E-state index in [1.165, 1.54) is 0 Å². The molecule has 0 N–H and O–H groups in total. The second-order valence-corrected chi connectivity index (χ2v) is 8.28. The van der Waals surface area contributed by atoms with Crippen LogP contribution in [0.15, 0.2) is 72.3 Å². The van der Waals surface area contributed by atoms with Gasteiger partial charge in [0.1, 0.15) is 0 Å². The highest BCUT2D eigenvalue weighted by molar-refractivity contribution is 6.14. The molecule has 0 bridgehead atoms. The van der Waals surface area contributed by atoms with Crippen LogP contribution in [-0.4, -0.2) is 49.8 Å². The second-order valence-electron chi connectivity index (χ2n) is 8.28. The third kappa shape index (κ3) is 4.05. The van der Waals surface area contributed by atoms with E-state index in [-0.39, 0.29) is 5.78 Å². The lowest BCUT2D eigenvalue weighted by Crippen LogP contribution is -2.41. The number of likely N-dealkylation sites (tertiary alicyclic amines) is 1. The smallest absolute Gasteiger partial charge is 0.187 e. The Morgan fingerprint density at radius 3 is 1.59 bits per heavy atom. The number of aromatic nitrogens is 4. The van der Waals surface area contributed by atoms with E-state index in [0.717, 1.165) is 44.3 Å². The zero-order valence-electron chi connectivity index (χ0n) is 18.1. The summed E-state index contributed by atoms with van der Waals surface area (Å²) in [7, 11) is 0. The van der Waals surface area contributed by atoms with Crippen LogP contribution in [0.1, 0.15) is 25.0 Å². The van der Waals surface area contributed by atoms with Crippen molar-refractivity contribution in [2.45, 2.75) is 19.9 Å². The number of ketones is 1. The Bertz CT molecular complexity index is 1290. The Kier molecular flexibility index (Phi) is 5.29. The van der Waals surface area contributed by atoms with Crippen LogP contribution in [0.5, 0.6) is 0 Å². The minimum Gasteiger partial charge on any atom is -0.292 e. The highest BCUT2D eigenvalue weighted by Crippen LogP contribution is 2.25. The molecule has 6 heteroatoms. The maximum Gasteiger partial charge on any atom is 0.187 e. The minimum absolute atomic E-state index is 0.0837. The van der Waals surface area contributed by atoms with Gasteiger partial charge in [-0.15, -0.1) is 0 Å². The summed E-state index contributed by atoms with van der Waals surface area (Å²) in [6.07, 6.45) is 10.7. The molecule has 158 valence electrons. The number of rotatable bonds is 3. The molecule has 0 unspecified atom stereocenters. The van der Waals surface area contributed by atoms with Gasteiger partial charge < -0.3 is 0 Å². The van der Waals surface area contributed by atoms with Crippen LogP contribution in [-0.2, 0) is 4.79 Å². The van der Waals surface area contributed by atoms with E-state index < -0.39 is 0 Å². The molecule has 0 spiro atoms. The lowest BCUT2D eigenvalue weighted by atomic mass is 9.93. The van der Waals surface area contributed by atoms with E-state index in [0.29, 0.717) is 19.1 Å². The summed E-state index contributed by atoms with van der Waals surface area (Å²) in [5.74, 6) is 0.0837. The molecule has 0 amide bonds. The van der Waals surface area contributed by atoms with Crippen molar-refractivity contribution in [2.24, 2.45) is 0 Å². The van der Waals surface area contributed by atoms with Crippen LogP contribution in [0.25, 0.3) is 34.2 Å². The molecule has 4 aromatic rings. The van der Waals surface area contributed by atoms with Gasteiger partial charge in [0.2, 0.25) is 0 Å². The van der Waals surface area contributed by atoms with Gasteiger partial charge in [0, 0.05) is 55.1 Å². The van der Waals surface area contributed by atoms with Crippen LogP contribution < -0.4 is 0 Å². The Balaban J connectivity index is 1.53.